The molecule has 90 valence electrons. The van der Waals surface area contributed by atoms with Crippen LogP contribution in [-0.2, 0) is 14.3 Å². The molecule has 5 heteroatoms. The Labute approximate surface area is 98.1 Å². The number of carbonyl (C=O) groups is 3. The Morgan fingerprint density at radius 1 is 1.18 bits per heavy atom. The summed E-state index contributed by atoms with van der Waals surface area (Å²) in [7, 11) is 1.23. The van der Waals surface area contributed by atoms with E-state index < -0.39 is 5.97 Å². The highest BCUT2D eigenvalue weighted by molar-refractivity contribution is 6.21. The Kier molecular flexibility index (Phi) is 3.98. The van der Waals surface area contributed by atoms with Gasteiger partial charge in [0, 0.05) is 0 Å². The molecule has 0 unspecified atom stereocenters. The van der Waals surface area contributed by atoms with Gasteiger partial charge in [-0.3, -0.25) is 9.59 Å². The molecule has 0 aromatic carbocycles. The lowest BCUT2D eigenvalue weighted by atomic mass is 10.1. The van der Waals surface area contributed by atoms with E-state index >= 15 is 0 Å². The summed E-state index contributed by atoms with van der Waals surface area (Å²) in [5, 5.41) is 0. The summed E-state index contributed by atoms with van der Waals surface area (Å²) in [6.07, 6.45) is 1.30. The minimum Gasteiger partial charge on any atom is -0.463 e. The predicted molar refractivity (Wildman–Crippen MR) is 59.4 cm³/mol. The molecular formula is C12H12O5. The third kappa shape index (κ3) is 3.14. The molecule has 1 aromatic rings. The summed E-state index contributed by atoms with van der Waals surface area (Å²) in [5.74, 6) is -1.05. The molecular weight excluding hydrogens is 224 g/mol. The maximum absolute atomic E-state index is 11.2. The fourth-order valence-corrected chi connectivity index (χ4v) is 1.23. The summed E-state index contributed by atoms with van der Waals surface area (Å²) in [4.78, 5) is 33.4. The Hall–Kier alpha value is -2.17. The van der Waals surface area contributed by atoms with Crippen molar-refractivity contribution in [3.63, 3.8) is 0 Å². The fourth-order valence-electron chi connectivity index (χ4n) is 1.23. The molecule has 0 aliphatic carbocycles. The number of carbonyl (C=O) groups excluding carboxylic acids is 3. The average molecular weight is 236 g/mol. The van der Waals surface area contributed by atoms with E-state index in [0.717, 1.165) is 0 Å². The van der Waals surface area contributed by atoms with Gasteiger partial charge < -0.3 is 9.15 Å². The highest BCUT2D eigenvalue weighted by atomic mass is 16.5. The van der Waals surface area contributed by atoms with E-state index in [4.69, 9.17) is 4.42 Å². The second kappa shape index (κ2) is 5.25. The first kappa shape index (κ1) is 12.9. The van der Waals surface area contributed by atoms with Crippen molar-refractivity contribution in [1.29, 1.82) is 0 Å². The largest absolute Gasteiger partial charge is 0.463 e. The Morgan fingerprint density at radius 2 is 1.76 bits per heavy atom. The third-order valence-electron chi connectivity index (χ3n) is 2.06. The first-order chi connectivity index (χ1) is 7.95. The molecule has 0 fully saturated rings. The highest BCUT2D eigenvalue weighted by Gasteiger charge is 2.13. The zero-order valence-corrected chi connectivity index (χ0v) is 9.77. The number of allylic oxidation sites excluding steroid dienone is 1. The number of esters is 1. The lowest BCUT2D eigenvalue weighted by Crippen LogP contribution is -2.05. The minimum atomic E-state index is -0.614. The quantitative estimate of drug-likeness (QED) is 0.344. The van der Waals surface area contributed by atoms with Crippen LogP contribution in [0.25, 0.3) is 6.08 Å². The number of rotatable bonds is 4. The van der Waals surface area contributed by atoms with Gasteiger partial charge in [-0.25, -0.2) is 4.79 Å². The van der Waals surface area contributed by atoms with Gasteiger partial charge in [-0.05, 0) is 32.1 Å². The maximum Gasteiger partial charge on any atom is 0.373 e. The first-order valence-corrected chi connectivity index (χ1v) is 4.87. The molecule has 0 saturated carbocycles. The second-order valence-electron chi connectivity index (χ2n) is 3.36. The average Bonchev–Trinajstić information content (AvgIpc) is 2.72. The summed E-state index contributed by atoms with van der Waals surface area (Å²) in [6.45, 7) is 2.58. The van der Waals surface area contributed by atoms with Crippen LogP contribution in [0.15, 0.2) is 22.1 Å². The first-order valence-electron chi connectivity index (χ1n) is 4.87. The van der Waals surface area contributed by atoms with Gasteiger partial charge in [0.2, 0.25) is 5.76 Å². The second-order valence-corrected chi connectivity index (χ2v) is 3.36. The molecule has 5 nitrogen and oxygen atoms in total. The third-order valence-corrected chi connectivity index (χ3v) is 2.06. The SMILES string of the molecule is COC(=O)c1ccc(C=C(C(C)=O)C(C)=O)o1. The van der Waals surface area contributed by atoms with Crippen molar-refractivity contribution in [2.24, 2.45) is 0 Å². The number of Topliss-reactive ketones (excluding diaryl/α,β-unsaturated/α-hetero) is 2. The highest BCUT2D eigenvalue weighted by Crippen LogP contribution is 2.13. The molecule has 17 heavy (non-hydrogen) atoms. The van der Waals surface area contributed by atoms with E-state index in [1.54, 1.807) is 0 Å². The van der Waals surface area contributed by atoms with Crippen LogP contribution in [0.2, 0.25) is 0 Å². The molecule has 0 radical (unpaired) electrons. The van der Waals surface area contributed by atoms with Gasteiger partial charge in [-0.2, -0.15) is 0 Å². The molecule has 0 N–H and O–H groups in total. The van der Waals surface area contributed by atoms with Gasteiger partial charge in [-0.1, -0.05) is 0 Å². The van der Waals surface area contributed by atoms with Gasteiger partial charge in [0.25, 0.3) is 0 Å². The predicted octanol–water partition coefficient (Wildman–Crippen LogP) is 1.63. The molecule has 1 heterocycles. The van der Waals surface area contributed by atoms with Crippen LogP contribution < -0.4 is 0 Å². The Balaban J connectivity index is 3.05. The van der Waals surface area contributed by atoms with E-state index in [2.05, 4.69) is 4.74 Å². The standard InChI is InChI=1S/C12H12O5/c1-7(13)10(8(2)14)6-9-4-5-11(17-9)12(15)16-3/h4-6H,1-3H3. The van der Waals surface area contributed by atoms with Crippen molar-refractivity contribution in [2.75, 3.05) is 7.11 Å². The molecule has 0 aliphatic rings. The fraction of sp³-hybridized carbons (Fsp3) is 0.250. The van der Waals surface area contributed by atoms with Crippen LogP contribution in [-0.4, -0.2) is 24.6 Å². The summed E-state index contributed by atoms with van der Waals surface area (Å²) in [6, 6.07) is 2.90. The number of ether oxygens (including phenoxy) is 1. The van der Waals surface area contributed by atoms with Crippen LogP contribution in [0, 0.1) is 0 Å². The van der Waals surface area contributed by atoms with Gasteiger partial charge in [0.15, 0.2) is 11.6 Å². The van der Waals surface area contributed by atoms with Crippen LogP contribution in [0.5, 0.6) is 0 Å². The van der Waals surface area contributed by atoms with Gasteiger partial charge in [-0.15, -0.1) is 0 Å². The smallest absolute Gasteiger partial charge is 0.373 e. The van der Waals surface area contributed by atoms with Gasteiger partial charge in [0.1, 0.15) is 5.76 Å². The lowest BCUT2D eigenvalue weighted by Gasteiger charge is -1.96. The summed E-state index contributed by atoms with van der Waals surface area (Å²) in [5.41, 5.74) is 0.0239. The van der Waals surface area contributed by atoms with E-state index in [0.29, 0.717) is 0 Å². The van der Waals surface area contributed by atoms with Crippen molar-refractivity contribution < 1.29 is 23.5 Å². The van der Waals surface area contributed by atoms with E-state index in [9.17, 15) is 14.4 Å². The van der Waals surface area contributed by atoms with E-state index in [1.165, 1.54) is 39.2 Å². The Bertz CT molecular complexity index is 477. The molecule has 0 amide bonds. The zero-order valence-electron chi connectivity index (χ0n) is 9.77. The Morgan fingerprint density at radius 3 is 2.24 bits per heavy atom. The molecule has 0 atom stereocenters. The topological polar surface area (TPSA) is 73.6 Å². The van der Waals surface area contributed by atoms with Crippen LogP contribution in [0.1, 0.15) is 30.2 Å². The van der Waals surface area contributed by atoms with Crippen LogP contribution in [0.4, 0.5) is 0 Å². The van der Waals surface area contributed by atoms with E-state index in [-0.39, 0.29) is 28.7 Å². The van der Waals surface area contributed by atoms with Crippen molar-refractivity contribution in [3.8, 4) is 0 Å². The van der Waals surface area contributed by atoms with Crippen molar-refractivity contribution in [1.82, 2.24) is 0 Å². The molecule has 0 bridgehead atoms. The monoisotopic (exact) mass is 236 g/mol. The van der Waals surface area contributed by atoms with Gasteiger partial charge >= 0.3 is 5.97 Å². The van der Waals surface area contributed by atoms with E-state index in [1.807, 2.05) is 0 Å². The van der Waals surface area contributed by atoms with Crippen LogP contribution >= 0.6 is 0 Å². The zero-order chi connectivity index (χ0) is 13.0. The van der Waals surface area contributed by atoms with Crippen LogP contribution in [0.3, 0.4) is 0 Å². The number of ketones is 2. The molecule has 0 saturated heterocycles. The molecule has 1 aromatic heterocycles. The lowest BCUT2D eigenvalue weighted by molar-refractivity contribution is -0.119. The molecule has 1 rings (SSSR count). The summed E-state index contributed by atoms with van der Waals surface area (Å²) >= 11 is 0. The molecule has 0 spiro atoms. The minimum absolute atomic E-state index is 0.0187. The number of furan rings is 1. The number of hydrogen-bond acceptors (Lipinski definition) is 5. The van der Waals surface area contributed by atoms with Crippen molar-refractivity contribution in [2.45, 2.75) is 13.8 Å². The number of methoxy groups -OCH3 is 1. The number of hydrogen-bond donors (Lipinski definition) is 0. The molecule has 0 aliphatic heterocycles. The maximum atomic E-state index is 11.2. The van der Waals surface area contributed by atoms with Gasteiger partial charge in [0.05, 0.1) is 12.7 Å². The summed E-state index contributed by atoms with van der Waals surface area (Å²) < 4.78 is 9.57. The normalized spacial score (nSPS) is 9.59. The van der Waals surface area contributed by atoms with Crippen molar-refractivity contribution in [3.05, 3.63) is 29.2 Å². The van der Waals surface area contributed by atoms with Crippen molar-refractivity contribution >= 4 is 23.6 Å².